The van der Waals surface area contributed by atoms with Gasteiger partial charge in [0.15, 0.2) is 0 Å². The molecule has 8 heteroatoms. The molecule has 5 nitrogen and oxygen atoms in total. The highest BCUT2D eigenvalue weighted by Crippen LogP contribution is 2.28. The fraction of sp³-hybridized carbons (Fsp3) is 0.714. The van der Waals surface area contributed by atoms with Gasteiger partial charge in [0.2, 0.25) is 6.04 Å². The van der Waals surface area contributed by atoms with Gasteiger partial charge in [-0.25, -0.2) is 8.15 Å². The first-order valence-electron chi connectivity index (χ1n) is 4.18. The highest BCUT2D eigenvalue weighted by Gasteiger charge is 2.39. The summed E-state index contributed by atoms with van der Waals surface area (Å²) >= 11 is 13.7. The third-order valence-electron chi connectivity index (χ3n) is 2.06. The number of likely N-dealkylation sites (N-methyl/N-ethyl adjacent to an activating group) is 1. The summed E-state index contributed by atoms with van der Waals surface area (Å²) in [6.07, 6.45) is 1.82. The van der Waals surface area contributed by atoms with Crippen LogP contribution in [0.2, 0.25) is 0 Å². The molecule has 2 unspecified atom stereocenters. The van der Waals surface area contributed by atoms with Crippen LogP contribution >= 0.6 is 12.6 Å². The van der Waals surface area contributed by atoms with Crippen molar-refractivity contribution in [3.05, 3.63) is 0 Å². The van der Waals surface area contributed by atoms with Crippen LogP contribution in [0, 0.1) is 0 Å². The summed E-state index contributed by atoms with van der Waals surface area (Å²) in [5.41, 5.74) is 0. The normalized spacial score (nSPS) is 26.7. The molecule has 0 aromatic carbocycles. The second kappa shape index (κ2) is 4.58. The minimum Gasteiger partial charge on any atom is -0.476 e. The number of carbonyl (C=O) groups is 1. The van der Waals surface area contributed by atoms with Crippen LogP contribution in [0.25, 0.3) is 0 Å². The highest BCUT2D eigenvalue weighted by molar-refractivity contribution is 7.81. The SMILES string of the molecule is CN1C=NC(S)(CC(C(=O)O)[N+](=S)[S-])C1. The van der Waals surface area contributed by atoms with Crippen molar-refractivity contribution in [3.8, 4) is 0 Å². The Morgan fingerprint density at radius 1 is 2.00 bits per heavy atom. The van der Waals surface area contributed by atoms with Crippen LogP contribution < -0.4 is 0 Å². The van der Waals surface area contributed by atoms with Gasteiger partial charge in [-0.3, -0.25) is 4.99 Å². The van der Waals surface area contributed by atoms with Crippen molar-refractivity contribution in [2.24, 2.45) is 4.99 Å². The minimum atomic E-state index is -1.04. The summed E-state index contributed by atoms with van der Waals surface area (Å²) in [6.45, 7) is 0.554. The van der Waals surface area contributed by atoms with E-state index in [0.29, 0.717) is 6.54 Å². The fourth-order valence-electron chi connectivity index (χ4n) is 1.37. The zero-order valence-electron chi connectivity index (χ0n) is 8.03. The summed E-state index contributed by atoms with van der Waals surface area (Å²) in [6, 6.07) is -0.920. The van der Waals surface area contributed by atoms with Gasteiger partial charge in [-0.05, 0) is 0 Å². The summed E-state index contributed by atoms with van der Waals surface area (Å²) in [7, 11) is 1.84. The predicted molar refractivity (Wildman–Crippen MR) is 63.9 cm³/mol. The second-order valence-electron chi connectivity index (χ2n) is 3.49. The Balaban J connectivity index is 2.71. The molecule has 1 heterocycles. The molecule has 0 radical (unpaired) electrons. The quantitative estimate of drug-likeness (QED) is 0.413. The summed E-state index contributed by atoms with van der Waals surface area (Å²) < 4.78 is 0.841. The van der Waals surface area contributed by atoms with Gasteiger partial charge < -0.3 is 10.0 Å². The number of carboxylic acids is 1. The lowest BCUT2D eigenvalue weighted by Gasteiger charge is -2.22. The highest BCUT2D eigenvalue weighted by atomic mass is 32.2. The number of hydrogen-bond acceptors (Lipinski definition) is 6. The first-order chi connectivity index (χ1) is 6.84. The van der Waals surface area contributed by atoms with Gasteiger partial charge in [0, 0.05) is 7.05 Å². The Kier molecular flexibility index (Phi) is 3.85. The van der Waals surface area contributed by atoms with Crippen molar-refractivity contribution in [2.75, 3.05) is 13.6 Å². The van der Waals surface area contributed by atoms with Crippen LogP contribution in [-0.4, -0.2) is 50.2 Å². The van der Waals surface area contributed by atoms with Crippen LogP contribution in [0.3, 0.4) is 0 Å². The molecule has 0 bridgehead atoms. The number of rotatable bonds is 4. The van der Waals surface area contributed by atoms with E-state index < -0.39 is 16.9 Å². The molecule has 0 fully saturated rings. The third kappa shape index (κ3) is 3.25. The van der Waals surface area contributed by atoms with Crippen LogP contribution in [0.5, 0.6) is 0 Å². The predicted octanol–water partition coefficient (Wildman–Crippen LogP) is -0.366. The minimum absolute atomic E-state index is 0.194. The van der Waals surface area contributed by atoms with Gasteiger partial charge in [-0.2, -0.15) is 0 Å². The molecule has 0 aromatic heterocycles. The van der Waals surface area contributed by atoms with E-state index in [9.17, 15) is 4.79 Å². The number of nitrogens with zero attached hydrogens (tertiary/aromatic N) is 3. The van der Waals surface area contributed by atoms with Crippen molar-refractivity contribution in [3.63, 3.8) is 0 Å². The van der Waals surface area contributed by atoms with Crippen molar-refractivity contribution >= 4 is 50.2 Å². The standard InChI is InChI=1S/C7H11N3O2S3/c1-9-3-7(13,8-4-9)2-5(6(11)12)10(14)15/h4-5,13H,2-3H2,1H3,(H,11,12). The monoisotopic (exact) mass is 265 g/mol. The maximum absolute atomic E-state index is 10.9. The second-order valence-corrected chi connectivity index (χ2v) is 5.34. The fourth-order valence-corrected chi connectivity index (χ4v) is 2.14. The number of thiol groups is 1. The molecular weight excluding hydrogens is 254 g/mol. The van der Waals surface area contributed by atoms with E-state index in [1.54, 1.807) is 6.34 Å². The van der Waals surface area contributed by atoms with Crippen molar-refractivity contribution in [2.45, 2.75) is 17.3 Å². The van der Waals surface area contributed by atoms with E-state index in [0.717, 1.165) is 3.35 Å². The lowest BCUT2D eigenvalue weighted by Crippen LogP contribution is -2.39. The Labute approximate surface area is 104 Å². The summed E-state index contributed by atoms with van der Waals surface area (Å²) in [5.74, 6) is -1.04. The van der Waals surface area contributed by atoms with E-state index in [1.807, 2.05) is 11.9 Å². The molecule has 0 aliphatic carbocycles. The van der Waals surface area contributed by atoms with E-state index in [4.69, 9.17) is 5.11 Å². The topological polar surface area (TPSA) is 55.9 Å². The molecule has 15 heavy (non-hydrogen) atoms. The largest absolute Gasteiger partial charge is 0.476 e. The van der Waals surface area contributed by atoms with Crippen LogP contribution in [0.15, 0.2) is 4.99 Å². The van der Waals surface area contributed by atoms with Crippen LogP contribution in [0.1, 0.15) is 6.42 Å². The molecule has 0 spiro atoms. The Morgan fingerprint density at radius 2 is 2.60 bits per heavy atom. The van der Waals surface area contributed by atoms with Crippen LogP contribution in [0.4, 0.5) is 0 Å². The zero-order chi connectivity index (χ0) is 11.6. The van der Waals surface area contributed by atoms with E-state index >= 15 is 0 Å². The zero-order valence-corrected chi connectivity index (χ0v) is 10.6. The summed E-state index contributed by atoms with van der Waals surface area (Å²) in [5, 5.41) is 8.91. The number of hydrogen-bond donors (Lipinski definition) is 2. The number of aliphatic carboxylic acids is 1. The van der Waals surface area contributed by atoms with Crippen molar-refractivity contribution in [1.82, 2.24) is 4.90 Å². The van der Waals surface area contributed by atoms with Gasteiger partial charge in [0.25, 0.3) is 0 Å². The molecule has 0 saturated carbocycles. The average Bonchev–Trinajstić information content (AvgIpc) is 2.42. The number of aliphatic imine (C=N–C) groups is 1. The van der Waals surface area contributed by atoms with Crippen molar-refractivity contribution in [1.29, 1.82) is 0 Å². The molecule has 0 saturated heterocycles. The maximum Gasteiger partial charge on any atom is 0.373 e. The van der Waals surface area contributed by atoms with E-state index in [1.165, 1.54) is 0 Å². The lowest BCUT2D eigenvalue weighted by molar-refractivity contribution is -0.358. The molecule has 2 atom stereocenters. The number of carboxylic acid groups (broad SMARTS) is 1. The Bertz CT molecular complexity index is 309. The molecule has 1 N–H and O–H groups in total. The van der Waals surface area contributed by atoms with E-state index in [2.05, 4.69) is 42.9 Å². The van der Waals surface area contributed by atoms with Crippen LogP contribution in [-0.2, 0) is 30.0 Å². The van der Waals surface area contributed by atoms with Gasteiger partial charge in [0.05, 0.1) is 19.3 Å². The molecule has 1 rings (SSSR count). The molecule has 1 aliphatic rings. The van der Waals surface area contributed by atoms with Crippen molar-refractivity contribution < 1.29 is 13.3 Å². The first-order valence-corrected chi connectivity index (χ1v) is 5.36. The maximum atomic E-state index is 10.9. The van der Waals surface area contributed by atoms with Gasteiger partial charge in [0.1, 0.15) is 4.87 Å². The Hall–Kier alpha value is -0.470. The Morgan fingerprint density at radius 3 is 2.93 bits per heavy atom. The lowest BCUT2D eigenvalue weighted by atomic mass is 10.1. The van der Waals surface area contributed by atoms with Gasteiger partial charge >= 0.3 is 5.97 Å². The molecular formula is C7H11N3O2S3. The first kappa shape index (κ1) is 12.6. The van der Waals surface area contributed by atoms with Gasteiger partial charge in [-0.1, -0.05) is 25.2 Å². The molecule has 0 amide bonds. The molecule has 0 aromatic rings. The van der Waals surface area contributed by atoms with Gasteiger partial charge in [-0.15, -0.1) is 12.6 Å². The van der Waals surface area contributed by atoms with E-state index in [-0.39, 0.29) is 6.42 Å². The third-order valence-corrected chi connectivity index (χ3v) is 3.01. The molecule has 84 valence electrons. The average molecular weight is 265 g/mol. The smallest absolute Gasteiger partial charge is 0.373 e. The molecule has 1 aliphatic heterocycles. The summed E-state index contributed by atoms with van der Waals surface area (Å²) in [4.78, 5) is 16.1.